The number of esters is 1. The first-order chi connectivity index (χ1) is 30.1. The molecule has 3 rings (SSSR count). The topological polar surface area (TPSA) is 137 Å². The van der Waals surface area contributed by atoms with E-state index in [2.05, 4.69) is 87.0 Å². The molecule has 2 aromatic rings. The zero-order valence-electron chi connectivity index (χ0n) is 43.1. The minimum Gasteiger partial charge on any atom is -0.467 e. The van der Waals surface area contributed by atoms with E-state index in [1.165, 1.54) is 7.11 Å². The molecule has 0 radical (unpaired) electrons. The van der Waals surface area contributed by atoms with E-state index in [0.29, 0.717) is 49.7 Å². The van der Waals surface area contributed by atoms with Crippen LogP contribution in [0.1, 0.15) is 81.4 Å². The maximum absolute atomic E-state index is 14.5. The number of aliphatic hydroxyl groups is 1. The number of hydrogen-bond donors (Lipinski definition) is 1. The zero-order valence-corrected chi connectivity index (χ0v) is 46.1. The van der Waals surface area contributed by atoms with E-state index in [9.17, 15) is 14.7 Å². The largest absolute Gasteiger partial charge is 0.467 e. The molecular formula is C50H86O12Si3. The van der Waals surface area contributed by atoms with Gasteiger partial charge >= 0.3 is 5.97 Å². The molecule has 2 aromatic carbocycles. The molecule has 1 fully saturated rings. The van der Waals surface area contributed by atoms with Crippen molar-refractivity contribution >= 4 is 36.2 Å². The van der Waals surface area contributed by atoms with Gasteiger partial charge in [0.05, 0.1) is 44.7 Å². The molecule has 0 amide bonds. The van der Waals surface area contributed by atoms with Gasteiger partial charge in [-0.1, -0.05) is 111 Å². The van der Waals surface area contributed by atoms with Gasteiger partial charge in [-0.3, -0.25) is 4.79 Å². The second-order valence-electron chi connectivity index (χ2n) is 22.4. The first kappa shape index (κ1) is 56.9. The van der Waals surface area contributed by atoms with Gasteiger partial charge in [-0.25, -0.2) is 4.79 Å². The highest BCUT2D eigenvalue weighted by Crippen LogP contribution is 2.46. The first-order valence-electron chi connectivity index (χ1n) is 23.5. The first-order valence-corrected chi connectivity index (χ1v) is 33.8. The highest BCUT2D eigenvalue weighted by atomic mass is 28.4. The summed E-state index contributed by atoms with van der Waals surface area (Å²) in [6.45, 7) is 34.3. The summed E-state index contributed by atoms with van der Waals surface area (Å²) in [6.07, 6.45) is -2.26. The fraction of sp³-hybridized carbons (Fsp3) is 0.720. The van der Waals surface area contributed by atoms with Crippen LogP contribution in [0.25, 0.3) is 0 Å². The summed E-state index contributed by atoms with van der Waals surface area (Å²) in [4.78, 5) is 28.1. The van der Waals surface area contributed by atoms with Gasteiger partial charge in [0.25, 0.3) is 0 Å². The van der Waals surface area contributed by atoms with Crippen molar-refractivity contribution in [3.8, 4) is 11.5 Å². The normalized spacial score (nSPS) is 19.6. The summed E-state index contributed by atoms with van der Waals surface area (Å²) >= 11 is 0. The SMILES string of the molecule is COC(=O)c1c(OCOCC[Si](C)(C)C)cc(OCOCC[Si](C)(C)C)c(C)c1C[C@@H](O)[C@H](C)C(=O)C[C@H]1O[C@H]([C@@H](COCc2ccccc2)OC)C[C@@H](O[Si](C)(C)C(C)(C)C)C1(C)C. The Morgan fingerprint density at radius 2 is 1.45 bits per heavy atom. The van der Waals surface area contributed by atoms with E-state index in [0.717, 1.165) is 17.7 Å². The summed E-state index contributed by atoms with van der Waals surface area (Å²) in [5.41, 5.74) is 1.70. The van der Waals surface area contributed by atoms with Gasteiger partial charge in [0, 0.05) is 73.1 Å². The number of carbonyl (C=O) groups is 2. The predicted molar refractivity (Wildman–Crippen MR) is 266 cm³/mol. The molecule has 1 N–H and O–H groups in total. The molecule has 65 heavy (non-hydrogen) atoms. The number of carbonyl (C=O) groups excluding carboxylic acids is 2. The quantitative estimate of drug-likeness (QED) is 0.0395. The molecule has 0 aliphatic carbocycles. The number of methoxy groups -OCH3 is 2. The molecule has 0 aromatic heterocycles. The van der Waals surface area contributed by atoms with Crippen LogP contribution in [-0.2, 0) is 50.7 Å². The Morgan fingerprint density at radius 3 is 1.97 bits per heavy atom. The van der Waals surface area contributed by atoms with E-state index in [-0.39, 0.29) is 54.7 Å². The molecule has 0 bridgehead atoms. The van der Waals surface area contributed by atoms with Gasteiger partial charge in [0.2, 0.25) is 0 Å². The van der Waals surface area contributed by atoms with Crippen molar-refractivity contribution in [2.75, 3.05) is 47.6 Å². The van der Waals surface area contributed by atoms with Crippen molar-refractivity contribution in [3.63, 3.8) is 0 Å². The maximum Gasteiger partial charge on any atom is 0.341 e. The molecule has 1 saturated heterocycles. The van der Waals surface area contributed by atoms with Crippen LogP contribution in [0, 0.1) is 18.3 Å². The summed E-state index contributed by atoms with van der Waals surface area (Å²) in [5, 5.41) is 12.0. The van der Waals surface area contributed by atoms with Crippen molar-refractivity contribution in [1.82, 2.24) is 0 Å². The van der Waals surface area contributed by atoms with E-state index >= 15 is 0 Å². The Morgan fingerprint density at radius 1 is 0.877 bits per heavy atom. The predicted octanol–water partition coefficient (Wildman–Crippen LogP) is 10.5. The number of aliphatic hydroxyl groups excluding tert-OH is 1. The summed E-state index contributed by atoms with van der Waals surface area (Å²) in [7, 11) is -1.99. The summed E-state index contributed by atoms with van der Waals surface area (Å²) < 4.78 is 55.6. The van der Waals surface area contributed by atoms with E-state index in [1.54, 1.807) is 20.1 Å². The maximum atomic E-state index is 14.5. The summed E-state index contributed by atoms with van der Waals surface area (Å²) in [6, 6.07) is 13.6. The van der Waals surface area contributed by atoms with Crippen molar-refractivity contribution in [3.05, 3.63) is 58.7 Å². The number of ketones is 1. The molecule has 6 atom stereocenters. The van der Waals surface area contributed by atoms with Crippen LogP contribution in [0.5, 0.6) is 11.5 Å². The van der Waals surface area contributed by atoms with Gasteiger partial charge in [-0.2, -0.15) is 0 Å². The van der Waals surface area contributed by atoms with Gasteiger partial charge < -0.3 is 47.4 Å². The minimum atomic E-state index is -2.28. The summed E-state index contributed by atoms with van der Waals surface area (Å²) in [5.74, 6) is -1.02. The standard InChI is InChI=1S/C50H86O12Si3/c1-35-38(47(48(53)55-9)43(60-34-57-24-26-64(13,14)15)29-41(35)59-33-56-23-25-63(10,11)12)27-39(51)36(2)40(52)28-45-50(6,7)46(62-65(16,17)49(3,4)5)30-42(61-45)44(54-8)32-58-31-37-21-19-18-20-22-37/h18-22,29,36,39,42,44-46,51H,23-28,30-34H2,1-17H3/t36-,39+,42-,44+,45+,46+/m0/s1. The molecule has 370 valence electrons. The fourth-order valence-corrected chi connectivity index (χ4v) is 10.3. The Labute approximate surface area is 395 Å². The van der Waals surface area contributed by atoms with E-state index in [4.69, 9.17) is 42.3 Å². The lowest BCUT2D eigenvalue weighted by Crippen LogP contribution is -2.59. The molecular weight excluding hydrogens is 877 g/mol. The zero-order chi connectivity index (χ0) is 49.0. The monoisotopic (exact) mass is 963 g/mol. The fourth-order valence-electron chi connectivity index (χ4n) is 7.32. The Bertz CT molecular complexity index is 1780. The minimum absolute atomic E-state index is 0.00664. The lowest BCUT2D eigenvalue weighted by molar-refractivity contribution is -0.208. The van der Waals surface area contributed by atoms with Crippen molar-refractivity contribution in [2.45, 2.75) is 174 Å². The second-order valence-corrected chi connectivity index (χ2v) is 38.4. The number of rotatable bonds is 27. The van der Waals surface area contributed by atoms with Gasteiger partial charge in [-0.05, 0) is 53.8 Å². The highest BCUT2D eigenvalue weighted by molar-refractivity contribution is 6.76. The van der Waals surface area contributed by atoms with E-state index < -0.39 is 66.2 Å². The van der Waals surface area contributed by atoms with Crippen LogP contribution in [0.15, 0.2) is 36.4 Å². The van der Waals surface area contributed by atoms with Gasteiger partial charge in [-0.15, -0.1) is 0 Å². The lowest BCUT2D eigenvalue weighted by atomic mass is 9.73. The molecule has 1 aliphatic rings. The van der Waals surface area contributed by atoms with Gasteiger partial charge in [0.1, 0.15) is 28.9 Å². The average molecular weight is 963 g/mol. The number of benzene rings is 2. The average Bonchev–Trinajstić information content (AvgIpc) is 3.20. The lowest BCUT2D eigenvalue weighted by Gasteiger charge is -2.52. The van der Waals surface area contributed by atoms with E-state index in [1.807, 2.05) is 37.3 Å². The van der Waals surface area contributed by atoms with Gasteiger partial charge in [0.15, 0.2) is 21.9 Å². The molecule has 0 spiro atoms. The van der Waals surface area contributed by atoms with Crippen LogP contribution in [0.3, 0.4) is 0 Å². The van der Waals surface area contributed by atoms with Crippen molar-refractivity contribution < 1.29 is 57.0 Å². The van der Waals surface area contributed by atoms with Crippen LogP contribution >= 0.6 is 0 Å². The van der Waals surface area contributed by atoms with Crippen LogP contribution in [0.2, 0.25) is 69.5 Å². The number of Topliss-reactive ketones (excluding diaryl/α,β-unsaturated/α-hetero) is 1. The second kappa shape index (κ2) is 24.7. The van der Waals surface area contributed by atoms with Crippen LogP contribution in [0.4, 0.5) is 0 Å². The molecule has 0 unspecified atom stereocenters. The Balaban J connectivity index is 1.93. The Kier molecular flexibility index (Phi) is 21.6. The highest BCUT2D eigenvalue weighted by Gasteiger charge is 2.52. The molecule has 15 heteroatoms. The van der Waals surface area contributed by atoms with Crippen molar-refractivity contribution in [1.29, 1.82) is 0 Å². The molecule has 0 saturated carbocycles. The molecule has 1 heterocycles. The molecule has 12 nitrogen and oxygen atoms in total. The number of hydrogen-bond acceptors (Lipinski definition) is 12. The number of ether oxygens (including phenoxy) is 8. The van der Waals surface area contributed by atoms with Crippen LogP contribution in [-0.4, -0.2) is 119 Å². The third-order valence-electron chi connectivity index (χ3n) is 13.3. The smallest absolute Gasteiger partial charge is 0.341 e. The Hall–Kier alpha value is -2.45. The van der Waals surface area contributed by atoms with Crippen molar-refractivity contribution in [2.24, 2.45) is 11.3 Å². The van der Waals surface area contributed by atoms with Crippen LogP contribution < -0.4 is 9.47 Å². The third kappa shape index (κ3) is 17.5. The third-order valence-corrected chi connectivity index (χ3v) is 21.2. The molecule has 1 aliphatic heterocycles.